The molecule has 0 bridgehead atoms. The van der Waals surface area contributed by atoms with Gasteiger partial charge in [0.2, 0.25) is 0 Å². The van der Waals surface area contributed by atoms with Crippen LogP contribution in [0.3, 0.4) is 0 Å². The number of aromatic nitrogens is 1. The molecule has 1 aromatic heterocycles. The molecule has 1 aromatic carbocycles. The zero-order valence-corrected chi connectivity index (χ0v) is 16.3. The molecule has 0 unspecified atom stereocenters. The number of hydrogen-bond acceptors (Lipinski definition) is 4. The van der Waals surface area contributed by atoms with Gasteiger partial charge in [-0.05, 0) is 31.2 Å². The van der Waals surface area contributed by atoms with Gasteiger partial charge in [0, 0.05) is 57.3 Å². The lowest BCUT2D eigenvalue weighted by molar-refractivity contribution is 0.0954. The smallest absolute Gasteiger partial charge is 0.252 e. The van der Waals surface area contributed by atoms with Crippen LogP contribution in [0.25, 0.3) is 0 Å². The standard InChI is InChI=1S/C21H28N6O/c1-2-23-21(25-12-11-24-20(28)18-7-6-10-22-17-18)27-15-13-26(14-16-27)19-8-4-3-5-9-19/h3-10,17H,2,11-16H2,1H3,(H,23,25)(H,24,28). The van der Waals surface area contributed by atoms with E-state index in [1.54, 1.807) is 24.5 Å². The first kappa shape index (κ1) is 19.7. The van der Waals surface area contributed by atoms with Gasteiger partial charge in [0.25, 0.3) is 5.91 Å². The Hall–Kier alpha value is -3.09. The molecule has 148 valence electrons. The Morgan fingerprint density at radius 3 is 2.54 bits per heavy atom. The lowest BCUT2D eigenvalue weighted by Gasteiger charge is -2.37. The largest absolute Gasteiger partial charge is 0.368 e. The molecule has 1 amide bonds. The predicted octanol–water partition coefficient (Wildman–Crippen LogP) is 1.60. The number of nitrogens with zero attached hydrogens (tertiary/aromatic N) is 4. The van der Waals surface area contributed by atoms with Crippen molar-refractivity contribution in [3.05, 3.63) is 60.4 Å². The van der Waals surface area contributed by atoms with Gasteiger partial charge in [-0.2, -0.15) is 0 Å². The lowest BCUT2D eigenvalue weighted by atomic mass is 10.2. The van der Waals surface area contributed by atoms with E-state index in [-0.39, 0.29) is 5.91 Å². The van der Waals surface area contributed by atoms with Crippen LogP contribution in [0.5, 0.6) is 0 Å². The van der Waals surface area contributed by atoms with Crippen molar-refractivity contribution in [2.75, 3.05) is 50.7 Å². The minimum Gasteiger partial charge on any atom is -0.368 e. The van der Waals surface area contributed by atoms with Gasteiger partial charge in [-0.3, -0.25) is 14.8 Å². The second-order valence-corrected chi connectivity index (χ2v) is 6.54. The van der Waals surface area contributed by atoms with Crippen LogP contribution in [0.15, 0.2) is 59.9 Å². The van der Waals surface area contributed by atoms with Crippen LogP contribution < -0.4 is 15.5 Å². The van der Waals surface area contributed by atoms with E-state index < -0.39 is 0 Å². The SMILES string of the molecule is CCNC(=NCCNC(=O)c1cccnc1)N1CCN(c2ccccc2)CC1. The van der Waals surface area contributed by atoms with Crippen LogP contribution in [-0.2, 0) is 0 Å². The molecule has 1 saturated heterocycles. The Morgan fingerprint density at radius 1 is 1.07 bits per heavy atom. The summed E-state index contributed by atoms with van der Waals surface area (Å²) in [6.45, 7) is 7.68. The fourth-order valence-electron chi connectivity index (χ4n) is 3.17. The van der Waals surface area contributed by atoms with Crippen molar-refractivity contribution in [1.82, 2.24) is 20.5 Å². The molecule has 3 rings (SSSR count). The molecule has 0 aliphatic carbocycles. The molecule has 7 nitrogen and oxygen atoms in total. The number of piperazine rings is 1. The molecular weight excluding hydrogens is 352 g/mol. The number of anilines is 1. The minimum atomic E-state index is -0.121. The van der Waals surface area contributed by atoms with Crippen molar-refractivity contribution in [1.29, 1.82) is 0 Å². The number of benzene rings is 1. The van der Waals surface area contributed by atoms with Gasteiger partial charge < -0.3 is 20.4 Å². The third-order valence-corrected chi connectivity index (χ3v) is 4.62. The quantitative estimate of drug-likeness (QED) is 0.452. The fraction of sp³-hybridized carbons (Fsp3) is 0.381. The summed E-state index contributed by atoms with van der Waals surface area (Å²) in [4.78, 5) is 25.4. The van der Waals surface area contributed by atoms with Crippen LogP contribution >= 0.6 is 0 Å². The molecule has 1 aliphatic heterocycles. The second kappa shape index (κ2) is 10.3. The van der Waals surface area contributed by atoms with Gasteiger partial charge in [-0.1, -0.05) is 18.2 Å². The summed E-state index contributed by atoms with van der Waals surface area (Å²) in [6, 6.07) is 14.0. The minimum absolute atomic E-state index is 0.121. The van der Waals surface area contributed by atoms with Gasteiger partial charge >= 0.3 is 0 Å². The number of carbonyl (C=O) groups is 1. The summed E-state index contributed by atoms with van der Waals surface area (Å²) in [5.74, 6) is 0.788. The summed E-state index contributed by atoms with van der Waals surface area (Å²) < 4.78 is 0. The Bertz CT molecular complexity index is 757. The fourth-order valence-corrected chi connectivity index (χ4v) is 3.17. The van der Waals surface area contributed by atoms with Crippen LogP contribution in [0.2, 0.25) is 0 Å². The van der Waals surface area contributed by atoms with Crippen LogP contribution in [0.1, 0.15) is 17.3 Å². The van der Waals surface area contributed by atoms with E-state index in [9.17, 15) is 4.79 Å². The molecule has 1 aliphatic rings. The van der Waals surface area contributed by atoms with E-state index in [4.69, 9.17) is 0 Å². The molecule has 2 heterocycles. The van der Waals surface area contributed by atoms with Crippen LogP contribution in [0, 0.1) is 0 Å². The summed E-state index contributed by atoms with van der Waals surface area (Å²) >= 11 is 0. The highest BCUT2D eigenvalue weighted by Crippen LogP contribution is 2.15. The van der Waals surface area contributed by atoms with Crippen molar-refractivity contribution < 1.29 is 4.79 Å². The maximum absolute atomic E-state index is 12.1. The molecule has 0 atom stereocenters. The summed E-state index contributed by atoms with van der Waals surface area (Å²) in [6.07, 6.45) is 3.22. The number of para-hydroxylation sites is 1. The molecule has 0 saturated carbocycles. The number of guanidine groups is 1. The first-order valence-electron chi connectivity index (χ1n) is 9.79. The lowest BCUT2D eigenvalue weighted by Crippen LogP contribution is -2.52. The Balaban J connectivity index is 1.48. The number of carbonyl (C=O) groups excluding carboxylic acids is 1. The number of rotatable bonds is 6. The van der Waals surface area contributed by atoms with E-state index in [0.717, 1.165) is 38.7 Å². The highest BCUT2D eigenvalue weighted by molar-refractivity contribution is 5.93. The molecule has 7 heteroatoms. The number of pyridine rings is 1. The highest BCUT2D eigenvalue weighted by atomic mass is 16.1. The Labute approximate surface area is 166 Å². The summed E-state index contributed by atoms with van der Waals surface area (Å²) in [7, 11) is 0. The zero-order chi connectivity index (χ0) is 19.6. The van der Waals surface area contributed by atoms with Crippen molar-refractivity contribution >= 4 is 17.6 Å². The highest BCUT2D eigenvalue weighted by Gasteiger charge is 2.19. The van der Waals surface area contributed by atoms with E-state index >= 15 is 0 Å². The van der Waals surface area contributed by atoms with E-state index in [0.29, 0.717) is 18.7 Å². The van der Waals surface area contributed by atoms with E-state index in [2.05, 4.69) is 61.6 Å². The second-order valence-electron chi connectivity index (χ2n) is 6.54. The van der Waals surface area contributed by atoms with Gasteiger partial charge in [0.1, 0.15) is 0 Å². The number of aliphatic imine (C=N–C) groups is 1. The molecule has 0 spiro atoms. The average molecular weight is 380 g/mol. The maximum Gasteiger partial charge on any atom is 0.252 e. The van der Waals surface area contributed by atoms with Crippen molar-refractivity contribution in [2.24, 2.45) is 4.99 Å². The molecule has 2 N–H and O–H groups in total. The molecule has 28 heavy (non-hydrogen) atoms. The van der Waals surface area contributed by atoms with Crippen LogP contribution in [0.4, 0.5) is 5.69 Å². The number of nitrogens with one attached hydrogen (secondary N) is 2. The van der Waals surface area contributed by atoms with Gasteiger partial charge in [0.15, 0.2) is 5.96 Å². The number of hydrogen-bond donors (Lipinski definition) is 2. The molecular formula is C21H28N6O. The van der Waals surface area contributed by atoms with E-state index in [1.807, 2.05) is 6.07 Å². The number of amides is 1. The van der Waals surface area contributed by atoms with Crippen molar-refractivity contribution in [2.45, 2.75) is 6.92 Å². The topological polar surface area (TPSA) is 72.9 Å². The summed E-state index contributed by atoms with van der Waals surface area (Å²) in [5.41, 5.74) is 1.83. The third-order valence-electron chi connectivity index (χ3n) is 4.62. The monoisotopic (exact) mass is 380 g/mol. The molecule has 0 radical (unpaired) electrons. The van der Waals surface area contributed by atoms with Crippen LogP contribution in [-0.4, -0.2) is 67.6 Å². The average Bonchev–Trinajstić information content (AvgIpc) is 2.77. The Kier molecular flexibility index (Phi) is 7.23. The first-order valence-corrected chi connectivity index (χ1v) is 9.79. The molecule has 2 aromatic rings. The van der Waals surface area contributed by atoms with Gasteiger partial charge in [-0.25, -0.2) is 0 Å². The summed E-state index contributed by atoms with van der Waals surface area (Å²) in [5, 5.41) is 6.25. The van der Waals surface area contributed by atoms with E-state index in [1.165, 1.54) is 5.69 Å². The normalized spacial score (nSPS) is 14.7. The predicted molar refractivity (Wildman–Crippen MR) is 113 cm³/mol. The van der Waals surface area contributed by atoms with Crippen molar-refractivity contribution in [3.63, 3.8) is 0 Å². The zero-order valence-electron chi connectivity index (χ0n) is 16.3. The van der Waals surface area contributed by atoms with Crippen molar-refractivity contribution in [3.8, 4) is 0 Å². The maximum atomic E-state index is 12.1. The van der Waals surface area contributed by atoms with Gasteiger partial charge in [-0.15, -0.1) is 0 Å². The molecule has 1 fully saturated rings. The first-order chi connectivity index (χ1) is 13.8. The van der Waals surface area contributed by atoms with Gasteiger partial charge in [0.05, 0.1) is 12.1 Å². The Morgan fingerprint density at radius 2 is 1.86 bits per heavy atom. The third kappa shape index (κ3) is 5.45.